The van der Waals surface area contributed by atoms with E-state index in [1.54, 1.807) is 24.3 Å². The molecule has 0 amide bonds. The van der Waals surface area contributed by atoms with Crippen molar-refractivity contribution in [2.45, 2.75) is 33.1 Å². The van der Waals surface area contributed by atoms with E-state index in [4.69, 9.17) is 11.6 Å². The van der Waals surface area contributed by atoms with Gasteiger partial charge < -0.3 is 0 Å². The Bertz CT molecular complexity index is 711. The van der Waals surface area contributed by atoms with Crippen LogP contribution in [0, 0.1) is 16.7 Å². The number of carbonyl (C=O) groups excluding carboxylic acids is 1. The van der Waals surface area contributed by atoms with E-state index in [9.17, 15) is 13.2 Å². The van der Waals surface area contributed by atoms with Crippen molar-refractivity contribution in [1.82, 2.24) is 0 Å². The molecule has 1 N–H and O–H groups in total. The van der Waals surface area contributed by atoms with E-state index >= 15 is 0 Å². The second-order valence-electron chi connectivity index (χ2n) is 7.03. The molecule has 22 heavy (non-hydrogen) atoms. The van der Waals surface area contributed by atoms with E-state index in [0.29, 0.717) is 29.5 Å². The molecular weight excluding hydrogens is 322 g/mol. The van der Waals surface area contributed by atoms with Crippen molar-refractivity contribution in [1.29, 1.82) is 0 Å². The summed E-state index contributed by atoms with van der Waals surface area (Å²) in [5.74, 6) is 0.284. The number of sulfonamides is 1. The van der Waals surface area contributed by atoms with E-state index < -0.39 is 15.4 Å². The molecule has 1 aromatic rings. The van der Waals surface area contributed by atoms with Gasteiger partial charge in [-0.15, -0.1) is 0 Å². The molecule has 0 unspecified atom stereocenters. The maximum atomic E-state index is 12.6. The second kappa shape index (κ2) is 4.96. The standard InChI is InChI=1S/C16H20ClNO3S/c1-15(2)11-7-8-16(15,14(19)9-11)10-22(20,21)18-13-5-3-12(17)4-6-13/h3-6,11,18H,7-10H2,1-2H3/t11-,16-/m0/s1. The maximum absolute atomic E-state index is 12.6. The van der Waals surface area contributed by atoms with E-state index in [1.807, 2.05) is 13.8 Å². The molecule has 2 fully saturated rings. The van der Waals surface area contributed by atoms with Crippen molar-refractivity contribution in [2.24, 2.45) is 16.7 Å². The van der Waals surface area contributed by atoms with Crippen LogP contribution >= 0.6 is 11.6 Å². The zero-order chi connectivity index (χ0) is 16.2. The van der Waals surface area contributed by atoms with Gasteiger partial charge in [-0.05, 0) is 48.4 Å². The maximum Gasteiger partial charge on any atom is 0.233 e. The van der Waals surface area contributed by atoms with Crippen LogP contribution in [0.2, 0.25) is 5.02 Å². The van der Waals surface area contributed by atoms with Crippen molar-refractivity contribution in [3.63, 3.8) is 0 Å². The Morgan fingerprint density at radius 1 is 1.27 bits per heavy atom. The number of hydrogen-bond donors (Lipinski definition) is 1. The quantitative estimate of drug-likeness (QED) is 0.911. The van der Waals surface area contributed by atoms with Crippen molar-refractivity contribution in [2.75, 3.05) is 10.5 Å². The largest absolute Gasteiger partial charge is 0.299 e. The number of hydrogen-bond acceptors (Lipinski definition) is 3. The summed E-state index contributed by atoms with van der Waals surface area (Å²) in [4.78, 5) is 12.4. The molecule has 2 atom stereocenters. The van der Waals surface area contributed by atoms with Gasteiger partial charge in [-0.1, -0.05) is 25.4 Å². The minimum Gasteiger partial charge on any atom is -0.299 e. The topological polar surface area (TPSA) is 63.2 Å². The molecule has 0 aliphatic heterocycles. The number of fused-ring (bicyclic) bond motifs is 2. The third-order valence-corrected chi connectivity index (χ3v) is 7.36. The third kappa shape index (κ3) is 2.35. The Labute approximate surface area is 136 Å². The van der Waals surface area contributed by atoms with Crippen molar-refractivity contribution >= 4 is 33.1 Å². The normalized spacial score (nSPS) is 29.8. The molecule has 2 aliphatic carbocycles. The average Bonchev–Trinajstić information content (AvgIpc) is 2.74. The first kappa shape index (κ1) is 15.8. The number of Topliss-reactive ketones (excluding diaryl/α,β-unsaturated/α-hetero) is 1. The number of nitrogens with one attached hydrogen (secondary N) is 1. The van der Waals surface area contributed by atoms with Crippen LogP contribution in [0.4, 0.5) is 5.69 Å². The first-order valence-corrected chi connectivity index (χ1v) is 9.49. The molecule has 0 heterocycles. The molecule has 2 aliphatic rings. The lowest BCUT2D eigenvalue weighted by atomic mass is 9.70. The highest BCUT2D eigenvalue weighted by Gasteiger charge is 2.65. The minimum absolute atomic E-state index is 0.107. The minimum atomic E-state index is -3.59. The summed E-state index contributed by atoms with van der Waals surface area (Å²) in [7, 11) is -3.59. The van der Waals surface area contributed by atoms with E-state index in [-0.39, 0.29) is 17.0 Å². The Balaban J connectivity index is 1.85. The fourth-order valence-electron chi connectivity index (χ4n) is 4.17. The van der Waals surface area contributed by atoms with E-state index in [0.717, 1.165) is 6.42 Å². The van der Waals surface area contributed by atoms with Crippen LogP contribution in [-0.2, 0) is 14.8 Å². The number of benzene rings is 1. The van der Waals surface area contributed by atoms with Crippen molar-refractivity contribution in [3.05, 3.63) is 29.3 Å². The molecular formula is C16H20ClNO3S. The Morgan fingerprint density at radius 3 is 2.41 bits per heavy atom. The summed E-state index contributed by atoms with van der Waals surface area (Å²) in [5.41, 5.74) is -0.520. The molecule has 2 saturated carbocycles. The number of rotatable bonds is 4. The van der Waals surface area contributed by atoms with Gasteiger partial charge in [0.2, 0.25) is 10.0 Å². The highest BCUT2D eigenvalue weighted by Crippen LogP contribution is 2.64. The van der Waals surface area contributed by atoms with Crippen LogP contribution in [0.1, 0.15) is 33.1 Å². The molecule has 0 saturated heterocycles. The summed E-state index contributed by atoms with van der Waals surface area (Å²) in [5, 5.41) is 0.548. The van der Waals surface area contributed by atoms with Crippen molar-refractivity contribution < 1.29 is 13.2 Å². The van der Waals surface area contributed by atoms with Crippen LogP contribution in [0.5, 0.6) is 0 Å². The molecule has 6 heteroatoms. The summed E-state index contributed by atoms with van der Waals surface area (Å²) in [6.07, 6.45) is 2.13. The fourth-order valence-corrected chi connectivity index (χ4v) is 6.19. The molecule has 4 nitrogen and oxygen atoms in total. The predicted molar refractivity (Wildman–Crippen MR) is 87.4 cm³/mol. The number of carbonyl (C=O) groups is 1. The van der Waals surface area contributed by atoms with Gasteiger partial charge in [0.1, 0.15) is 5.78 Å². The third-order valence-electron chi connectivity index (χ3n) is 5.69. The monoisotopic (exact) mass is 341 g/mol. The van der Waals surface area contributed by atoms with Crippen LogP contribution in [0.3, 0.4) is 0 Å². The molecule has 2 bridgehead atoms. The highest BCUT2D eigenvalue weighted by molar-refractivity contribution is 7.92. The Morgan fingerprint density at radius 2 is 1.91 bits per heavy atom. The lowest BCUT2D eigenvalue weighted by Gasteiger charge is -2.36. The van der Waals surface area contributed by atoms with Gasteiger partial charge in [0, 0.05) is 17.1 Å². The predicted octanol–water partition coefficient (Wildman–Crippen LogP) is 3.48. The lowest BCUT2D eigenvalue weighted by Crippen LogP contribution is -2.43. The van der Waals surface area contributed by atoms with Crippen LogP contribution in [-0.4, -0.2) is 20.0 Å². The van der Waals surface area contributed by atoms with Gasteiger partial charge in [0.15, 0.2) is 0 Å². The average molecular weight is 342 g/mol. The van der Waals surface area contributed by atoms with Crippen LogP contribution < -0.4 is 4.72 Å². The van der Waals surface area contributed by atoms with Gasteiger partial charge in [-0.25, -0.2) is 8.42 Å². The Hall–Kier alpha value is -1.07. The molecule has 0 spiro atoms. The van der Waals surface area contributed by atoms with Crippen LogP contribution in [0.25, 0.3) is 0 Å². The number of ketones is 1. The molecule has 0 aromatic heterocycles. The number of anilines is 1. The Kier molecular flexibility index (Phi) is 3.57. The fraction of sp³-hybridized carbons (Fsp3) is 0.562. The second-order valence-corrected chi connectivity index (χ2v) is 9.19. The van der Waals surface area contributed by atoms with Gasteiger partial charge in [0.25, 0.3) is 0 Å². The first-order valence-electron chi connectivity index (χ1n) is 7.46. The van der Waals surface area contributed by atoms with E-state index in [1.165, 1.54) is 0 Å². The molecule has 3 rings (SSSR count). The first-order chi connectivity index (χ1) is 10.2. The summed E-state index contributed by atoms with van der Waals surface area (Å²) >= 11 is 5.81. The molecule has 0 radical (unpaired) electrons. The zero-order valence-electron chi connectivity index (χ0n) is 12.7. The van der Waals surface area contributed by atoms with E-state index in [2.05, 4.69) is 4.72 Å². The van der Waals surface area contributed by atoms with Crippen LogP contribution in [0.15, 0.2) is 24.3 Å². The summed E-state index contributed by atoms with van der Waals surface area (Å²) < 4.78 is 27.7. The summed E-state index contributed by atoms with van der Waals surface area (Å²) in [6, 6.07) is 6.51. The molecule has 1 aromatic carbocycles. The van der Waals surface area contributed by atoms with Gasteiger partial charge in [-0.2, -0.15) is 0 Å². The highest BCUT2D eigenvalue weighted by atomic mass is 35.5. The summed E-state index contributed by atoms with van der Waals surface area (Å²) in [6.45, 7) is 4.07. The smallest absolute Gasteiger partial charge is 0.233 e. The van der Waals surface area contributed by atoms with Crippen molar-refractivity contribution in [3.8, 4) is 0 Å². The zero-order valence-corrected chi connectivity index (χ0v) is 14.3. The van der Waals surface area contributed by atoms with Gasteiger partial charge in [0.05, 0.1) is 11.2 Å². The number of halogens is 1. The molecule has 120 valence electrons. The van der Waals surface area contributed by atoms with Gasteiger partial charge >= 0.3 is 0 Å². The SMILES string of the molecule is CC1(C)[C@H]2CC[C@]1(CS(=O)(=O)Nc1ccc(Cl)cc1)C(=O)C2. The lowest BCUT2D eigenvalue weighted by molar-refractivity contribution is -0.128. The van der Waals surface area contributed by atoms with Gasteiger partial charge in [-0.3, -0.25) is 9.52 Å².